The van der Waals surface area contributed by atoms with Gasteiger partial charge in [0.25, 0.3) is 0 Å². The molecule has 0 radical (unpaired) electrons. The van der Waals surface area contributed by atoms with Gasteiger partial charge in [-0.05, 0) is 69.1 Å². The molecule has 158 valence electrons. The lowest BCUT2D eigenvalue weighted by molar-refractivity contribution is -0.126. The van der Waals surface area contributed by atoms with E-state index in [1.807, 2.05) is 17.0 Å². The minimum Gasteiger partial charge on any atom is -0.495 e. The van der Waals surface area contributed by atoms with Gasteiger partial charge in [0.15, 0.2) is 0 Å². The van der Waals surface area contributed by atoms with Crippen LogP contribution in [-0.2, 0) is 16.0 Å². The SMILES string of the molecule is COc1ccc(Cl)c2c1N(C(=O)C1CCC(NC(=O)C3CCCC3)CC1)CCC2. The summed E-state index contributed by atoms with van der Waals surface area (Å²) in [5, 5.41) is 3.95. The van der Waals surface area contributed by atoms with Crippen molar-refractivity contribution in [3.63, 3.8) is 0 Å². The number of nitrogens with one attached hydrogen (secondary N) is 1. The summed E-state index contributed by atoms with van der Waals surface area (Å²) in [6, 6.07) is 3.91. The van der Waals surface area contributed by atoms with Gasteiger partial charge < -0.3 is 15.0 Å². The molecule has 0 spiro atoms. The standard InChI is InChI=1S/C23H31ClN2O3/c1-29-20-13-12-19(24)18-7-4-14-26(21(18)20)23(28)16-8-10-17(11-9-16)25-22(27)15-5-2-3-6-15/h12-13,15-17H,2-11,14H2,1H3,(H,25,27). The molecular weight excluding hydrogens is 388 g/mol. The smallest absolute Gasteiger partial charge is 0.230 e. The number of methoxy groups -OCH3 is 1. The summed E-state index contributed by atoms with van der Waals surface area (Å²) in [5.41, 5.74) is 1.87. The van der Waals surface area contributed by atoms with Crippen molar-refractivity contribution < 1.29 is 14.3 Å². The van der Waals surface area contributed by atoms with Crippen LogP contribution in [0.3, 0.4) is 0 Å². The van der Waals surface area contributed by atoms with Crippen molar-refractivity contribution in [1.82, 2.24) is 5.32 Å². The first-order valence-electron chi connectivity index (χ1n) is 11.1. The highest BCUT2D eigenvalue weighted by Crippen LogP contribution is 2.41. The molecule has 1 aromatic carbocycles. The molecule has 2 amide bonds. The Morgan fingerprint density at radius 2 is 1.76 bits per heavy atom. The Hall–Kier alpha value is -1.75. The molecule has 0 bridgehead atoms. The Kier molecular flexibility index (Phi) is 6.33. The highest BCUT2D eigenvalue weighted by Gasteiger charge is 2.35. The van der Waals surface area contributed by atoms with Crippen molar-refractivity contribution in [3.05, 3.63) is 22.7 Å². The van der Waals surface area contributed by atoms with Crippen LogP contribution in [0, 0.1) is 11.8 Å². The van der Waals surface area contributed by atoms with Crippen molar-refractivity contribution in [2.75, 3.05) is 18.6 Å². The van der Waals surface area contributed by atoms with Gasteiger partial charge in [0.1, 0.15) is 5.75 Å². The van der Waals surface area contributed by atoms with Crippen LogP contribution >= 0.6 is 11.6 Å². The molecule has 1 heterocycles. The number of amides is 2. The van der Waals surface area contributed by atoms with E-state index in [4.69, 9.17) is 16.3 Å². The van der Waals surface area contributed by atoms with Crippen molar-refractivity contribution in [2.24, 2.45) is 11.8 Å². The fourth-order valence-electron chi connectivity index (χ4n) is 5.25. The molecule has 1 aliphatic heterocycles. The molecule has 2 fully saturated rings. The quantitative estimate of drug-likeness (QED) is 0.783. The number of ether oxygens (including phenoxy) is 1. The maximum absolute atomic E-state index is 13.4. The highest BCUT2D eigenvalue weighted by atomic mass is 35.5. The van der Waals surface area contributed by atoms with E-state index in [2.05, 4.69) is 5.32 Å². The average Bonchev–Trinajstić information content (AvgIpc) is 3.29. The third-order valence-corrected chi connectivity index (χ3v) is 7.26. The van der Waals surface area contributed by atoms with E-state index in [-0.39, 0.29) is 29.7 Å². The monoisotopic (exact) mass is 418 g/mol. The molecule has 5 nitrogen and oxygen atoms in total. The number of benzene rings is 1. The fourth-order valence-corrected chi connectivity index (χ4v) is 5.49. The third-order valence-electron chi connectivity index (χ3n) is 6.90. The number of rotatable bonds is 4. The Morgan fingerprint density at radius 1 is 1.03 bits per heavy atom. The molecular formula is C23H31ClN2O3. The van der Waals surface area contributed by atoms with Crippen LogP contribution in [0.1, 0.15) is 63.4 Å². The summed E-state index contributed by atoms with van der Waals surface area (Å²) in [4.78, 5) is 27.7. The first-order valence-corrected chi connectivity index (χ1v) is 11.4. The van der Waals surface area contributed by atoms with Crippen LogP contribution < -0.4 is 15.0 Å². The lowest BCUT2D eigenvalue weighted by Crippen LogP contribution is -2.45. The molecule has 1 N–H and O–H groups in total. The summed E-state index contributed by atoms with van der Waals surface area (Å²) in [7, 11) is 1.64. The lowest BCUT2D eigenvalue weighted by atomic mass is 9.84. The molecule has 0 saturated heterocycles. The zero-order valence-electron chi connectivity index (χ0n) is 17.2. The van der Waals surface area contributed by atoms with Crippen LogP contribution in [0.2, 0.25) is 5.02 Å². The molecule has 3 aliphatic rings. The minimum absolute atomic E-state index is 0.00395. The van der Waals surface area contributed by atoms with E-state index in [1.54, 1.807) is 7.11 Å². The van der Waals surface area contributed by atoms with E-state index in [0.717, 1.165) is 68.4 Å². The van der Waals surface area contributed by atoms with Gasteiger partial charge in [-0.1, -0.05) is 24.4 Å². The number of halogens is 1. The van der Waals surface area contributed by atoms with Crippen LogP contribution in [0.25, 0.3) is 0 Å². The van der Waals surface area contributed by atoms with Crippen LogP contribution in [0.4, 0.5) is 5.69 Å². The number of hydrogen-bond acceptors (Lipinski definition) is 3. The highest BCUT2D eigenvalue weighted by molar-refractivity contribution is 6.32. The Bertz CT molecular complexity index is 768. The fraction of sp³-hybridized carbons (Fsp3) is 0.652. The van der Waals surface area contributed by atoms with Gasteiger partial charge in [-0.2, -0.15) is 0 Å². The van der Waals surface area contributed by atoms with Gasteiger partial charge >= 0.3 is 0 Å². The molecule has 6 heteroatoms. The maximum atomic E-state index is 13.4. The Balaban J connectivity index is 1.39. The van der Waals surface area contributed by atoms with Crippen molar-refractivity contribution in [3.8, 4) is 5.75 Å². The van der Waals surface area contributed by atoms with E-state index < -0.39 is 0 Å². The van der Waals surface area contributed by atoms with Gasteiger partial charge in [-0.3, -0.25) is 9.59 Å². The van der Waals surface area contributed by atoms with Gasteiger partial charge in [0, 0.05) is 29.4 Å². The first kappa shape index (κ1) is 20.5. The zero-order chi connectivity index (χ0) is 20.4. The predicted molar refractivity (Wildman–Crippen MR) is 115 cm³/mol. The summed E-state index contributed by atoms with van der Waals surface area (Å²) in [6.45, 7) is 0.709. The first-order chi connectivity index (χ1) is 14.1. The third kappa shape index (κ3) is 4.25. The number of fused-ring (bicyclic) bond motifs is 1. The maximum Gasteiger partial charge on any atom is 0.230 e. The summed E-state index contributed by atoms with van der Waals surface area (Å²) < 4.78 is 5.54. The van der Waals surface area contributed by atoms with Crippen molar-refractivity contribution >= 4 is 29.1 Å². The van der Waals surface area contributed by atoms with E-state index in [9.17, 15) is 9.59 Å². The van der Waals surface area contributed by atoms with Crippen LogP contribution in [-0.4, -0.2) is 31.5 Å². The molecule has 1 aromatic rings. The van der Waals surface area contributed by atoms with Crippen molar-refractivity contribution in [2.45, 2.75) is 70.3 Å². The van der Waals surface area contributed by atoms with Crippen LogP contribution in [0.15, 0.2) is 12.1 Å². The van der Waals surface area contributed by atoms with Gasteiger partial charge in [0.05, 0.1) is 12.8 Å². The van der Waals surface area contributed by atoms with E-state index in [0.29, 0.717) is 11.6 Å². The lowest BCUT2D eigenvalue weighted by Gasteiger charge is -2.36. The second-order valence-electron chi connectivity index (χ2n) is 8.71. The second kappa shape index (κ2) is 8.95. The molecule has 0 atom stereocenters. The van der Waals surface area contributed by atoms with E-state index >= 15 is 0 Å². The Morgan fingerprint density at radius 3 is 2.45 bits per heavy atom. The normalized spacial score (nSPS) is 24.8. The minimum atomic E-state index is 0.00395. The molecule has 29 heavy (non-hydrogen) atoms. The average molecular weight is 419 g/mol. The number of anilines is 1. The zero-order valence-corrected chi connectivity index (χ0v) is 18.0. The molecule has 2 saturated carbocycles. The Labute approximate surface area is 178 Å². The molecule has 2 aliphatic carbocycles. The van der Waals surface area contributed by atoms with E-state index in [1.165, 1.54) is 12.8 Å². The summed E-state index contributed by atoms with van der Waals surface area (Å²) in [5.74, 6) is 1.32. The largest absolute Gasteiger partial charge is 0.495 e. The molecule has 0 aromatic heterocycles. The topological polar surface area (TPSA) is 58.6 Å². The second-order valence-corrected chi connectivity index (χ2v) is 9.12. The van der Waals surface area contributed by atoms with Crippen molar-refractivity contribution in [1.29, 1.82) is 0 Å². The number of carbonyl (C=O) groups excluding carboxylic acids is 2. The van der Waals surface area contributed by atoms with Gasteiger partial charge in [-0.15, -0.1) is 0 Å². The van der Waals surface area contributed by atoms with Crippen LogP contribution in [0.5, 0.6) is 5.75 Å². The molecule has 4 rings (SSSR count). The van der Waals surface area contributed by atoms with Gasteiger partial charge in [0.2, 0.25) is 11.8 Å². The molecule has 0 unspecified atom stereocenters. The summed E-state index contributed by atoms with van der Waals surface area (Å²) >= 11 is 6.41. The predicted octanol–water partition coefficient (Wildman–Crippen LogP) is 4.49. The number of carbonyl (C=O) groups is 2. The number of hydrogen-bond donors (Lipinski definition) is 1. The summed E-state index contributed by atoms with van der Waals surface area (Å²) in [6.07, 6.45) is 9.58. The van der Waals surface area contributed by atoms with Gasteiger partial charge in [-0.25, -0.2) is 0 Å². The number of nitrogens with zero attached hydrogens (tertiary/aromatic N) is 1.